The molecule has 1 aliphatic rings. The molecule has 2 atom stereocenters. The van der Waals surface area contributed by atoms with Crippen LogP contribution in [0.1, 0.15) is 13.3 Å². The summed E-state index contributed by atoms with van der Waals surface area (Å²) in [6, 6.07) is -0.431. The third-order valence-electron chi connectivity index (χ3n) is 2.49. The first-order chi connectivity index (χ1) is 6.43. The first kappa shape index (κ1) is 11.0. The third kappa shape index (κ3) is 2.04. The number of hydrogen-bond acceptors (Lipinski definition) is 4. The average molecular weight is 200 g/mol. The van der Waals surface area contributed by atoms with Crippen molar-refractivity contribution >= 4 is 11.9 Å². The molecule has 2 unspecified atom stereocenters. The predicted octanol–water partition coefficient (Wildman–Crippen LogP) is -0.332. The van der Waals surface area contributed by atoms with E-state index in [0.717, 1.165) is 0 Å². The molecular weight excluding hydrogens is 184 g/mol. The Morgan fingerprint density at radius 2 is 2.14 bits per heavy atom. The highest BCUT2D eigenvalue weighted by Gasteiger charge is 2.38. The minimum absolute atomic E-state index is 0.0621. The summed E-state index contributed by atoms with van der Waals surface area (Å²) in [6.07, 6.45) is -0.0467. The summed E-state index contributed by atoms with van der Waals surface area (Å²) in [5.74, 6) is -0.372. The van der Waals surface area contributed by atoms with Crippen molar-refractivity contribution in [3.8, 4) is 0 Å². The van der Waals surface area contributed by atoms with Crippen LogP contribution in [0.2, 0.25) is 0 Å². The van der Waals surface area contributed by atoms with E-state index in [1.54, 1.807) is 33.0 Å². The number of amides is 1. The summed E-state index contributed by atoms with van der Waals surface area (Å²) >= 11 is 0. The molecule has 5 heteroatoms. The molecule has 1 heterocycles. The van der Waals surface area contributed by atoms with E-state index in [2.05, 4.69) is 0 Å². The molecule has 1 fully saturated rings. The van der Waals surface area contributed by atoms with Crippen molar-refractivity contribution < 1.29 is 14.3 Å². The van der Waals surface area contributed by atoms with Crippen LogP contribution >= 0.6 is 0 Å². The summed E-state index contributed by atoms with van der Waals surface area (Å²) < 4.78 is 4.98. The molecule has 0 aromatic rings. The molecule has 80 valence electrons. The second kappa shape index (κ2) is 3.96. The Labute approximate surface area is 83.6 Å². The first-order valence-corrected chi connectivity index (χ1v) is 4.56. The van der Waals surface area contributed by atoms with E-state index in [1.165, 1.54) is 4.90 Å². The lowest BCUT2D eigenvalue weighted by Gasteiger charge is -2.19. The molecule has 0 bridgehead atoms. The number of esters is 1. The van der Waals surface area contributed by atoms with Crippen molar-refractivity contribution in [1.82, 2.24) is 9.80 Å². The summed E-state index contributed by atoms with van der Waals surface area (Å²) in [4.78, 5) is 26.0. The normalized spacial score (nSPS) is 27.6. The standard InChI is InChI=1S/C9H16N2O3/c1-6-11(4)7(9(13)14-6)5-8(12)10(2)3/h6-7H,5H2,1-4H3. The number of carbonyl (C=O) groups excluding carboxylic acids is 2. The Morgan fingerprint density at radius 3 is 2.50 bits per heavy atom. The fourth-order valence-electron chi connectivity index (χ4n) is 1.32. The van der Waals surface area contributed by atoms with Gasteiger partial charge in [0.05, 0.1) is 6.42 Å². The molecule has 1 amide bonds. The van der Waals surface area contributed by atoms with E-state index < -0.39 is 6.04 Å². The van der Waals surface area contributed by atoms with E-state index in [-0.39, 0.29) is 24.5 Å². The maximum absolute atomic E-state index is 11.4. The molecular formula is C9H16N2O3. The van der Waals surface area contributed by atoms with Gasteiger partial charge in [-0.3, -0.25) is 14.5 Å². The van der Waals surface area contributed by atoms with Gasteiger partial charge in [-0.05, 0) is 14.0 Å². The van der Waals surface area contributed by atoms with E-state index in [1.807, 2.05) is 0 Å². The van der Waals surface area contributed by atoms with Crippen molar-refractivity contribution in [2.45, 2.75) is 25.6 Å². The molecule has 0 aromatic heterocycles. The van der Waals surface area contributed by atoms with Crippen molar-refractivity contribution in [1.29, 1.82) is 0 Å². The van der Waals surface area contributed by atoms with Crippen LogP contribution in [0.4, 0.5) is 0 Å². The van der Waals surface area contributed by atoms with E-state index in [4.69, 9.17) is 4.74 Å². The van der Waals surface area contributed by atoms with Gasteiger partial charge >= 0.3 is 5.97 Å². The molecule has 0 aliphatic carbocycles. The average Bonchev–Trinajstić information content (AvgIpc) is 2.32. The van der Waals surface area contributed by atoms with E-state index >= 15 is 0 Å². The maximum Gasteiger partial charge on any atom is 0.325 e. The van der Waals surface area contributed by atoms with Gasteiger partial charge < -0.3 is 9.64 Å². The van der Waals surface area contributed by atoms with Gasteiger partial charge in [0.1, 0.15) is 6.04 Å². The van der Waals surface area contributed by atoms with Gasteiger partial charge in [-0.1, -0.05) is 0 Å². The zero-order valence-corrected chi connectivity index (χ0v) is 8.98. The second-order valence-corrected chi connectivity index (χ2v) is 3.71. The molecule has 0 saturated carbocycles. The van der Waals surface area contributed by atoms with Gasteiger partial charge in [0.15, 0.2) is 6.23 Å². The molecule has 14 heavy (non-hydrogen) atoms. The largest absolute Gasteiger partial charge is 0.445 e. The first-order valence-electron chi connectivity index (χ1n) is 4.56. The van der Waals surface area contributed by atoms with Crippen molar-refractivity contribution in [2.75, 3.05) is 21.1 Å². The Bertz CT molecular complexity index is 252. The van der Waals surface area contributed by atoms with Crippen LogP contribution in [0.15, 0.2) is 0 Å². The number of carbonyl (C=O) groups is 2. The van der Waals surface area contributed by atoms with Gasteiger partial charge in [0, 0.05) is 14.1 Å². The molecule has 0 N–H and O–H groups in total. The summed E-state index contributed by atoms with van der Waals surface area (Å²) in [5, 5.41) is 0. The van der Waals surface area contributed by atoms with Crippen LogP contribution in [0.3, 0.4) is 0 Å². The second-order valence-electron chi connectivity index (χ2n) is 3.71. The fourth-order valence-corrected chi connectivity index (χ4v) is 1.32. The predicted molar refractivity (Wildman–Crippen MR) is 50.4 cm³/mol. The van der Waals surface area contributed by atoms with Crippen LogP contribution in [0.25, 0.3) is 0 Å². The quantitative estimate of drug-likeness (QED) is 0.573. The number of nitrogens with zero attached hydrogens (tertiary/aromatic N) is 2. The van der Waals surface area contributed by atoms with E-state index in [9.17, 15) is 9.59 Å². The lowest BCUT2D eigenvalue weighted by molar-refractivity contribution is -0.143. The summed E-state index contributed by atoms with van der Waals surface area (Å²) in [7, 11) is 5.13. The number of ether oxygens (including phenoxy) is 1. The zero-order chi connectivity index (χ0) is 10.9. The smallest absolute Gasteiger partial charge is 0.325 e. The van der Waals surface area contributed by atoms with Gasteiger partial charge in [-0.25, -0.2) is 0 Å². The molecule has 1 aliphatic heterocycles. The van der Waals surface area contributed by atoms with Gasteiger partial charge in [0.25, 0.3) is 0 Å². The van der Waals surface area contributed by atoms with Gasteiger partial charge in [-0.2, -0.15) is 0 Å². The lowest BCUT2D eigenvalue weighted by atomic mass is 10.2. The number of hydrogen-bond donors (Lipinski definition) is 0. The molecule has 1 rings (SSSR count). The Hall–Kier alpha value is -1.10. The lowest BCUT2D eigenvalue weighted by Crippen LogP contribution is -2.37. The molecule has 0 spiro atoms. The van der Waals surface area contributed by atoms with E-state index in [0.29, 0.717) is 0 Å². The fraction of sp³-hybridized carbons (Fsp3) is 0.778. The minimum Gasteiger partial charge on any atom is -0.445 e. The molecule has 0 radical (unpaired) electrons. The Kier molecular flexibility index (Phi) is 3.10. The Morgan fingerprint density at radius 1 is 1.57 bits per heavy atom. The Balaban J connectivity index is 2.60. The highest BCUT2D eigenvalue weighted by molar-refractivity contribution is 5.86. The monoisotopic (exact) mass is 200 g/mol. The van der Waals surface area contributed by atoms with Crippen molar-refractivity contribution in [3.05, 3.63) is 0 Å². The summed E-state index contributed by atoms with van der Waals surface area (Å²) in [6.45, 7) is 1.79. The summed E-state index contributed by atoms with van der Waals surface area (Å²) in [5.41, 5.74) is 0. The van der Waals surface area contributed by atoms with Crippen LogP contribution in [-0.2, 0) is 14.3 Å². The molecule has 0 aromatic carbocycles. The number of likely N-dealkylation sites (N-methyl/N-ethyl adjacent to an activating group) is 1. The van der Waals surface area contributed by atoms with Crippen LogP contribution in [-0.4, -0.2) is 55.1 Å². The van der Waals surface area contributed by atoms with Gasteiger partial charge in [-0.15, -0.1) is 0 Å². The number of rotatable bonds is 2. The molecule has 5 nitrogen and oxygen atoms in total. The topological polar surface area (TPSA) is 49.9 Å². The number of cyclic esters (lactones) is 1. The zero-order valence-electron chi connectivity index (χ0n) is 8.98. The van der Waals surface area contributed by atoms with Crippen molar-refractivity contribution in [3.63, 3.8) is 0 Å². The highest BCUT2D eigenvalue weighted by Crippen LogP contribution is 2.18. The SMILES string of the molecule is CC1OC(=O)C(CC(=O)N(C)C)N1C. The van der Waals surface area contributed by atoms with Crippen LogP contribution in [0.5, 0.6) is 0 Å². The maximum atomic E-state index is 11.4. The third-order valence-corrected chi connectivity index (χ3v) is 2.49. The highest BCUT2D eigenvalue weighted by atomic mass is 16.6. The minimum atomic E-state index is -0.431. The van der Waals surface area contributed by atoms with Crippen molar-refractivity contribution in [2.24, 2.45) is 0 Å². The van der Waals surface area contributed by atoms with Crippen LogP contribution in [0, 0.1) is 0 Å². The van der Waals surface area contributed by atoms with Gasteiger partial charge in [0.2, 0.25) is 5.91 Å². The van der Waals surface area contributed by atoms with Crippen LogP contribution < -0.4 is 0 Å². The molecule has 1 saturated heterocycles.